The van der Waals surface area contributed by atoms with Crippen LogP contribution in [0.4, 0.5) is 5.69 Å². The Morgan fingerprint density at radius 2 is 1.84 bits per heavy atom. The Labute approximate surface area is 147 Å². The van der Waals surface area contributed by atoms with Crippen LogP contribution >= 0.6 is 0 Å². The standard InChI is InChI=1S/C18H26N4O3/c1-2-22(12-17(24)20-11-13-3-4-13)10-9-16(23)21-15-7-5-14(6-8-15)18(19)25/h5-8,13H,2-4,9-12H2,1H3,(H2,19,25)(H,20,24)(H,21,23). The SMILES string of the molecule is CCN(CCC(=O)Nc1ccc(C(N)=O)cc1)CC(=O)NCC1CC1. The molecule has 1 fully saturated rings. The van der Waals surface area contributed by atoms with Crippen LogP contribution < -0.4 is 16.4 Å². The second-order valence-electron chi connectivity index (χ2n) is 6.36. The zero-order chi connectivity index (χ0) is 18.2. The first-order valence-corrected chi connectivity index (χ1v) is 8.66. The molecule has 1 aliphatic rings. The fourth-order valence-electron chi connectivity index (χ4n) is 2.39. The topological polar surface area (TPSA) is 105 Å². The van der Waals surface area contributed by atoms with Crippen LogP contribution in [-0.2, 0) is 9.59 Å². The van der Waals surface area contributed by atoms with E-state index in [0.29, 0.717) is 43.2 Å². The van der Waals surface area contributed by atoms with Crippen LogP contribution in [0.2, 0.25) is 0 Å². The summed E-state index contributed by atoms with van der Waals surface area (Å²) < 4.78 is 0. The van der Waals surface area contributed by atoms with Crippen molar-refractivity contribution in [2.45, 2.75) is 26.2 Å². The molecule has 0 aromatic heterocycles. The van der Waals surface area contributed by atoms with E-state index in [1.165, 1.54) is 12.8 Å². The number of rotatable bonds is 10. The van der Waals surface area contributed by atoms with Gasteiger partial charge in [-0.1, -0.05) is 6.92 Å². The zero-order valence-corrected chi connectivity index (χ0v) is 14.6. The first-order valence-electron chi connectivity index (χ1n) is 8.66. The normalized spacial score (nSPS) is 13.5. The van der Waals surface area contributed by atoms with Crippen LogP contribution in [0.5, 0.6) is 0 Å². The molecule has 0 atom stereocenters. The van der Waals surface area contributed by atoms with E-state index in [1.807, 2.05) is 11.8 Å². The summed E-state index contributed by atoms with van der Waals surface area (Å²) >= 11 is 0. The molecule has 7 nitrogen and oxygen atoms in total. The number of primary amides is 1. The molecular weight excluding hydrogens is 320 g/mol. The summed E-state index contributed by atoms with van der Waals surface area (Å²) in [5.41, 5.74) is 6.19. The van der Waals surface area contributed by atoms with E-state index in [-0.39, 0.29) is 11.8 Å². The molecule has 1 saturated carbocycles. The van der Waals surface area contributed by atoms with Crippen LogP contribution in [0.1, 0.15) is 36.5 Å². The number of carbonyl (C=O) groups excluding carboxylic acids is 3. The summed E-state index contributed by atoms with van der Waals surface area (Å²) in [5, 5.41) is 5.70. The number of hydrogen-bond donors (Lipinski definition) is 3. The Morgan fingerprint density at radius 1 is 1.16 bits per heavy atom. The van der Waals surface area contributed by atoms with Gasteiger partial charge >= 0.3 is 0 Å². The number of carbonyl (C=O) groups is 3. The van der Waals surface area contributed by atoms with Crippen molar-refractivity contribution in [3.05, 3.63) is 29.8 Å². The molecule has 0 heterocycles. The lowest BCUT2D eigenvalue weighted by Crippen LogP contribution is -2.39. The molecule has 0 bridgehead atoms. The van der Waals surface area contributed by atoms with E-state index in [1.54, 1.807) is 24.3 Å². The summed E-state index contributed by atoms with van der Waals surface area (Å²) in [7, 11) is 0. The molecule has 7 heteroatoms. The van der Waals surface area contributed by atoms with Crippen molar-refractivity contribution >= 4 is 23.4 Å². The second-order valence-corrected chi connectivity index (χ2v) is 6.36. The molecule has 1 aromatic carbocycles. The average Bonchev–Trinajstić information content (AvgIpc) is 3.41. The smallest absolute Gasteiger partial charge is 0.248 e. The maximum absolute atomic E-state index is 12.0. The summed E-state index contributed by atoms with van der Waals surface area (Å²) in [5.74, 6) is 0.0297. The molecule has 25 heavy (non-hydrogen) atoms. The second kappa shape index (κ2) is 9.17. The minimum atomic E-state index is -0.503. The minimum Gasteiger partial charge on any atom is -0.366 e. The van der Waals surface area contributed by atoms with Crippen molar-refractivity contribution in [1.29, 1.82) is 0 Å². The highest BCUT2D eigenvalue weighted by atomic mass is 16.2. The van der Waals surface area contributed by atoms with E-state index in [2.05, 4.69) is 10.6 Å². The van der Waals surface area contributed by atoms with E-state index >= 15 is 0 Å². The van der Waals surface area contributed by atoms with Gasteiger partial charge in [-0.3, -0.25) is 19.3 Å². The molecule has 1 aromatic rings. The van der Waals surface area contributed by atoms with E-state index in [9.17, 15) is 14.4 Å². The third-order valence-electron chi connectivity index (χ3n) is 4.21. The predicted octanol–water partition coefficient (Wildman–Crippen LogP) is 0.962. The van der Waals surface area contributed by atoms with Crippen molar-refractivity contribution in [2.24, 2.45) is 11.7 Å². The van der Waals surface area contributed by atoms with Gasteiger partial charge in [-0.05, 0) is 49.6 Å². The highest BCUT2D eigenvalue weighted by molar-refractivity contribution is 5.94. The third kappa shape index (κ3) is 6.93. The monoisotopic (exact) mass is 346 g/mol. The summed E-state index contributed by atoms with van der Waals surface area (Å²) in [6.07, 6.45) is 2.71. The molecule has 2 rings (SSSR count). The van der Waals surface area contributed by atoms with Crippen molar-refractivity contribution in [1.82, 2.24) is 10.2 Å². The fraction of sp³-hybridized carbons (Fsp3) is 0.500. The zero-order valence-electron chi connectivity index (χ0n) is 14.6. The molecule has 0 aliphatic heterocycles. The van der Waals surface area contributed by atoms with Crippen LogP contribution in [0.3, 0.4) is 0 Å². The third-order valence-corrected chi connectivity index (χ3v) is 4.21. The maximum Gasteiger partial charge on any atom is 0.248 e. The van der Waals surface area contributed by atoms with Gasteiger partial charge < -0.3 is 16.4 Å². The van der Waals surface area contributed by atoms with Crippen molar-refractivity contribution in [3.63, 3.8) is 0 Å². The molecule has 1 aliphatic carbocycles. The predicted molar refractivity (Wildman–Crippen MR) is 96.1 cm³/mol. The number of nitrogens with zero attached hydrogens (tertiary/aromatic N) is 1. The number of nitrogens with two attached hydrogens (primary N) is 1. The molecule has 4 N–H and O–H groups in total. The summed E-state index contributed by atoms with van der Waals surface area (Å²) in [4.78, 5) is 36.9. The Hall–Kier alpha value is -2.41. The lowest BCUT2D eigenvalue weighted by Gasteiger charge is -2.19. The number of nitrogens with one attached hydrogen (secondary N) is 2. The van der Waals surface area contributed by atoms with Crippen molar-refractivity contribution in [2.75, 3.05) is 31.5 Å². The highest BCUT2D eigenvalue weighted by Gasteiger charge is 2.22. The molecule has 0 unspecified atom stereocenters. The van der Waals surface area contributed by atoms with E-state index < -0.39 is 5.91 Å². The van der Waals surface area contributed by atoms with Crippen molar-refractivity contribution < 1.29 is 14.4 Å². The number of benzene rings is 1. The average molecular weight is 346 g/mol. The Morgan fingerprint density at radius 3 is 2.40 bits per heavy atom. The van der Waals surface area contributed by atoms with Gasteiger partial charge in [0.2, 0.25) is 17.7 Å². The number of amides is 3. The maximum atomic E-state index is 12.0. The first kappa shape index (κ1) is 18.9. The Bertz CT molecular complexity index is 611. The lowest BCUT2D eigenvalue weighted by atomic mass is 10.2. The van der Waals surface area contributed by atoms with E-state index in [0.717, 1.165) is 6.54 Å². The summed E-state index contributed by atoms with van der Waals surface area (Å²) in [6.45, 7) is 4.26. The van der Waals surface area contributed by atoms with Gasteiger partial charge in [-0.15, -0.1) is 0 Å². The van der Waals surface area contributed by atoms with Gasteiger partial charge in [-0.2, -0.15) is 0 Å². The lowest BCUT2D eigenvalue weighted by molar-refractivity contribution is -0.123. The number of hydrogen-bond acceptors (Lipinski definition) is 4. The molecule has 0 radical (unpaired) electrons. The van der Waals surface area contributed by atoms with Gasteiger partial charge in [0, 0.05) is 30.8 Å². The minimum absolute atomic E-state index is 0.0104. The Kier molecular flexibility index (Phi) is 6.94. The molecule has 3 amide bonds. The van der Waals surface area contributed by atoms with Gasteiger partial charge in [0.15, 0.2) is 0 Å². The van der Waals surface area contributed by atoms with Gasteiger partial charge in [0.05, 0.1) is 6.54 Å². The molecule has 136 valence electrons. The fourth-order valence-corrected chi connectivity index (χ4v) is 2.39. The summed E-state index contributed by atoms with van der Waals surface area (Å²) in [6, 6.07) is 6.42. The Balaban J connectivity index is 1.70. The van der Waals surface area contributed by atoms with Crippen LogP contribution in [0.15, 0.2) is 24.3 Å². The van der Waals surface area contributed by atoms with Crippen LogP contribution in [0.25, 0.3) is 0 Å². The van der Waals surface area contributed by atoms with Crippen molar-refractivity contribution in [3.8, 4) is 0 Å². The number of anilines is 1. The van der Waals surface area contributed by atoms with Gasteiger partial charge in [0.25, 0.3) is 0 Å². The van der Waals surface area contributed by atoms with E-state index in [4.69, 9.17) is 5.73 Å². The van der Waals surface area contributed by atoms with Crippen LogP contribution in [0, 0.1) is 5.92 Å². The molecular formula is C18H26N4O3. The quantitative estimate of drug-likeness (QED) is 0.587. The molecule has 0 spiro atoms. The number of likely N-dealkylation sites (N-methyl/N-ethyl adjacent to an activating group) is 1. The largest absolute Gasteiger partial charge is 0.366 e. The van der Waals surface area contributed by atoms with Crippen LogP contribution in [-0.4, -0.2) is 48.8 Å². The van der Waals surface area contributed by atoms with Gasteiger partial charge in [0.1, 0.15) is 0 Å². The van der Waals surface area contributed by atoms with Gasteiger partial charge in [-0.25, -0.2) is 0 Å². The molecule has 0 saturated heterocycles. The first-order chi connectivity index (χ1) is 12.0. The highest BCUT2D eigenvalue weighted by Crippen LogP contribution is 2.27.